The van der Waals surface area contributed by atoms with E-state index < -0.39 is 150 Å². The van der Waals surface area contributed by atoms with Crippen LogP contribution >= 0.6 is 23.4 Å². The van der Waals surface area contributed by atoms with Gasteiger partial charge in [0.1, 0.15) is 18.3 Å². The zero-order valence-electron chi connectivity index (χ0n) is 39.9. The first-order chi connectivity index (χ1) is 32.0. The number of carbonyl (C=O) groups is 6. The summed E-state index contributed by atoms with van der Waals surface area (Å²) in [5.74, 6) is -6.32. The van der Waals surface area contributed by atoms with Crippen LogP contribution in [0, 0.1) is 57.2 Å². The molecule has 0 aliphatic heterocycles. The number of hydrogen-bond donors (Lipinski definition) is 2. The second-order valence-corrected chi connectivity index (χ2v) is 22.5. The number of hydrogen-bond acceptors (Lipinski definition) is 12. The summed E-state index contributed by atoms with van der Waals surface area (Å²) in [6.45, 7) is 13.0. The van der Waals surface area contributed by atoms with E-state index in [0.717, 1.165) is 12.2 Å². The van der Waals surface area contributed by atoms with E-state index in [1.54, 1.807) is 41.5 Å². The van der Waals surface area contributed by atoms with Crippen molar-refractivity contribution in [3.8, 4) is 0 Å². The maximum Gasteiger partial charge on any atom is 0.306 e. The van der Waals surface area contributed by atoms with Crippen molar-refractivity contribution >= 4 is 69.7 Å². The first-order valence-electron chi connectivity index (χ1n) is 23.5. The van der Waals surface area contributed by atoms with Crippen molar-refractivity contribution in [3.05, 3.63) is 47.6 Å². The fourth-order valence-corrected chi connectivity index (χ4v) is 16.4. The van der Waals surface area contributed by atoms with Gasteiger partial charge in [0.2, 0.25) is 5.12 Å². The maximum absolute atomic E-state index is 17.2. The molecule has 6 saturated carbocycles. The lowest BCUT2D eigenvalue weighted by atomic mass is 9.44. The topological polar surface area (TPSA) is 161 Å². The Morgan fingerprint density at radius 3 is 1.43 bits per heavy atom. The molecule has 0 aromatic heterocycles. The van der Waals surface area contributed by atoms with E-state index in [2.05, 4.69) is 11.6 Å². The van der Waals surface area contributed by atoms with Crippen LogP contribution in [0.15, 0.2) is 47.6 Å². The second kappa shape index (κ2) is 20.0. The van der Waals surface area contributed by atoms with Gasteiger partial charge in [0.25, 0.3) is 0 Å². The van der Waals surface area contributed by atoms with E-state index in [1.807, 2.05) is 0 Å². The van der Waals surface area contributed by atoms with Gasteiger partial charge in [0.05, 0.1) is 17.3 Å². The zero-order valence-corrected chi connectivity index (χ0v) is 42.3. The summed E-state index contributed by atoms with van der Waals surface area (Å²) in [4.78, 5) is 74.9. The van der Waals surface area contributed by atoms with Crippen LogP contribution in [0.3, 0.4) is 0 Å². The number of fused-ring (bicyclic) bond motifs is 10. The van der Waals surface area contributed by atoms with Crippen LogP contribution in [0.25, 0.3) is 0 Å². The average molecular weight is 1050 g/mol. The average Bonchev–Trinajstić information content (AvgIpc) is 3.63. The summed E-state index contributed by atoms with van der Waals surface area (Å²) in [6.07, 6.45) is -0.0895. The van der Waals surface area contributed by atoms with E-state index in [1.165, 1.54) is 38.2 Å². The lowest BCUT2D eigenvalue weighted by Gasteiger charge is -2.63. The lowest BCUT2D eigenvalue weighted by Crippen LogP contribution is -2.70. The summed E-state index contributed by atoms with van der Waals surface area (Å²) in [5.41, 5.74) is -13.4. The molecule has 8 aliphatic rings. The van der Waals surface area contributed by atoms with E-state index in [-0.39, 0.29) is 63.5 Å². The van der Waals surface area contributed by atoms with E-state index in [4.69, 9.17) is 22.1 Å². The normalized spacial score (nSPS) is 45.9. The molecular formula is C51H66ClF6O10S2-. The summed E-state index contributed by atoms with van der Waals surface area (Å²) in [7, 11) is 0. The van der Waals surface area contributed by atoms with Gasteiger partial charge in [-0.1, -0.05) is 72.7 Å². The summed E-state index contributed by atoms with van der Waals surface area (Å²) >= 11 is 9.80. The minimum atomic E-state index is -2.30. The maximum atomic E-state index is 17.2. The Morgan fingerprint density at radius 1 is 0.714 bits per heavy atom. The van der Waals surface area contributed by atoms with Gasteiger partial charge in [-0.25, -0.2) is 26.3 Å². The van der Waals surface area contributed by atoms with Gasteiger partial charge in [-0.3, -0.25) is 24.0 Å². The van der Waals surface area contributed by atoms with Crippen LogP contribution in [0.1, 0.15) is 114 Å². The van der Waals surface area contributed by atoms with Crippen molar-refractivity contribution in [3.63, 3.8) is 0 Å². The minimum Gasteiger partial charge on any atom is -0.738 e. The number of esters is 2. The molecule has 6 fully saturated rings. The summed E-state index contributed by atoms with van der Waals surface area (Å²) in [6, 6.07) is -1.02. The van der Waals surface area contributed by atoms with Crippen LogP contribution < -0.4 is 0 Å². The number of allylic oxidation sites excluding steroid dienone is 8. The highest BCUT2D eigenvalue weighted by Gasteiger charge is 2.79. The predicted molar refractivity (Wildman–Crippen MR) is 254 cm³/mol. The number of aliphatic hydroxyl groups is 2. The third-order valence-electron chi connectivity index (χ3n) is 18.3. The molecule has 2 N–H and O–H groups in total. The molecule has 0 amide bonds. The number of halogens is 7. The van der Waals surface area contributed by atoms with Gasteiger partial charge in [0, 0.05) is 58.2 Å². The summed E-state index contributed by atoms with van der Waals surface area (Å²) in [5, 5.41) is 21.2. The Kier molecular flexibility index (Phi) is 16.5. The Morgan fingerprint density at radius 2 is 1.07 bits per heavy atom. The fraction of sp³-hybridized carbons (Fsp3) is 0.725. The van der Waals surface area contributed by atoms with Crippen molar-refractivity contribution in [1.82, 2.24) is 0 Å². The number of thioether (sulfide) groups is 1. The van der Waals surface area contributed by atoms with Crippen LogP contribution in [-0.4, -0.2) is 103 Å². The molecule has 19 heteroatoms. The molecule has 0 saturated heterocycles. The highest BCUT2D eigenvalue weighted by molar-refractivity contribution is 8.13. The number of aliphatic hydroxyl groups excluding tert-OH is 2. The Hall–Kier alpha value is -3.06. The monoisotopic (exact) mass is 1050 g/mol. The number of rotatable bonds is 7. The molecule has 0 aromatic rings. The predicted octanol–water partition coefficient (Wildman–Crippen LogP) is 9.54. The van der Waals surface area contributed by atoms with Crippen molar-refractivity contribution in [2.24, 2.45) is 57.2 Å². The first-order valence-corrected chi connectivity index (χ1v) is 25.4. The third kappa shape index (κ3) is 7.85. The number of carbonyl (C=O) groups excluding carboxylic acids is 6. The second-order valence-electron chi connectivity index (χ2n) is 21.0. The summed E-state index contributed by atoms with van der Waals surface area (Å²) < 4.78 is 100. The highest BCUT2D eigenvalue weighted by Crippen LogP contribution is 2.74. The molecule has 70 heavy (non-hydrogen) atoms. The van der Waals surface area contributed by atoms with Crippen molar-refractivity contribution in [1.29, 1.82) is 0 Å². The molecule has 0 heterocycles. The Bertz CT molecular complexity index is 2270. The van der Waals surface area contributed by atoms with Gasteiger partial charge in [-0.2, -0.15) is 0 Å². The molecule has 0 bridgehead atoms. The first kappa shape index (κ1) is 57.8. The van der Waals surface area contributed by atoms with Crippen molar-refractivity contribution < 1.29 is 74.8 Å². The largest absolute Gasteiger partial charge is 0.738 e. The molecule has 10 nitrogen and oxygen atoms in total. The molecule has 0 radical (unpaired) electrons. The Balaban J connectivity index is 0.000000244. The van der Waals surface area contributed by atoms with Crippen LogP contribution in [-0.2, 0) is 50.9 Å². The molecule has 8 aliphatic carbocycles. The van der Waals surface area contributed by atoms with Gasteiger partial charge < -0.3 is 37.1 Å². The number of ketones is 2. The molecule has 8 rings (SSSR count). The number of ether oxygens (including phenoxy) is 2. The molecule has 0 spiro atoms. The molecular weight excluding hydrogens is 986 g/mol. The molecule has 0 aromatic carbocycles. The fourth-order valence-electron chi connectivity index (χ4n) is 15.1. The van der Waals surface area contributed by atoms with Gasteiger partial charge in [0.15, 0.2) is 40.2 Å². The van der Waals surface area contributed by atoms with E-state index in [9.17, 15) is 47.8 Å². The van der Waals surface area contributed by atoms with Crippen LogP contribution in [0.4, 0.5) is 26.3 Å². The van der Waals surface area contributed by atoms with Crippen LogP contribution in [0.2, 0.25) is 0 Å². The van der Waals surface area contributed by atoms with Crippen molar-refractivity contribution in [2.45, 2.75) is 161 Å². The quantitative estimate of drug-likeness (QED) is 0.108. The van der Waals surface area contributed by atoms with E-state index >= 15 is 17.6 Å². The minimum absolute atomic E-state index is 0. The van der Waals surface area contributed by atoms with Crippen molar-refractivity contribution in [2.75, 3.05) is 12.1 Å². The molecule has 2 unspecified atom stereocenters. The smallest absolute Gasteiger partial charge is 0.306 e. The SMILES string of the molecule is C.CCC(=O)O[C@]1(C(=O)SCF)[C@H](C)C[C@H]2C3C[C@H](F)C4=CC(=O)C=C[C@]4(C)[C@@]3(F)[C@@H](O)C[C@@]21C.CCC(=O)O[C@]1(C(=O)[S-])[C@H](C)C[C@H]2C3C[C@H](F)C4=CC(=O)C=C[C@]4(C)[C@@]3(F)[C@@H](O)C[C@@]21C.FCCl. The molecule has 392 valence electrons. The lowest BCUT2D eigenvalue weighted by molar-refractivity contribution is -0.228. The van der Waals surface area contributed by atoms with E-state index in [0.29, 0.717) is 18.2 Å². The zero-order chi connectivity index (χ0) is 51.8. The van der Waals surface area contributed by atoms with Gasteiger partial charge in [-0.05, 0) is 111 Å². The van der Waals surface area contributed by atoms with Gasteiger partial charge >= 0.3 is 11.9 Å². The highest BCUT2D eigenvalue weighted by atomic mass is 35.5. The molecule has 18 atom stereocenters. The Labute approximate surface area is 421 Å². The standard InChI is InChI=1S/C25H31F3O5S.C24H30F2O5S.CH2ClF.CH4/c1-5-20(31)33-25(21(32)34-12-26)13(2)8-15-16-10-18(27)17-9-14(29)6-7-22(17,3)24(16,28)19(30)11-23(15,25)4;1-5-19(29)31-24(20(30)32)12(2)8-14-15-10-17(25)16-9-13(27)6-7-21(16,3)23(15,26)18(28)11-22(14,24)4;2-1-3;/h6-7,9,13,15-16,18-19,30H,5,8,10-12H2,1-4H3;6-7,9,12,14-15,17-18,28H,5,8,10-11H2,1-4H3,(H,30,32);1H2;1H4/p-1/t13-,15+,16?,18+,19+,22+,23+,24+,25+;12-,14+,15?,17+,18+,21+,22+,23+,24+;;/m11../s1. The van der Waals surface area contributed by atoms with Gasteiger partial charge in [-0.15, -0.1) is 0 Å². The third-order valence-corrected chi connectivity index (χ3v) is 19.2. The van der Waals surface area contributed by atoms with Crippen LogP contribution in [0.5, 0.6) is 0 Å². The number of alkyl halides is 7.